The molecule has 0 aromatic heterocycles. The Morgan fingerprint density at radius 3 is 2.55 bits per heavy atom. The predicted molar refractivity (Wildman–Crippen MR) is 91.8 cm³/mol. The quantitative estimate of drug-likeness (QED) is 0.595. The Morgan fingerprint density at radius 1 is 1.40 bits per heavy atom. The van der Waals surface area contributed by atoms with E-state index in [4.69, 9.17) is 4.74 Å². The van der Waals surface area contributed by atoms with Gasteiger partial charge in [0.05, 0.1) is 7.11 Å². The van der Waals surface area contributed by atoms with Gasteiger partial charge in [-0.1, -0.05) is 37.2 Å². The Labute approximate surface area is 131 Å². The zero-order valence-corrected chi connectivity index (χ0v) is 14.0. The average molecular weight is 310 g/mol. The molecule has 0 radical (unpaired) electrons. The summed E-state index contributed by atoms with van der Waals surface area (Å²) in [5.74, 6) is 1.55. The van der Waals surface area contributed by atoms with Gasteiger partial charge in [-0.2, -0.15) is 12.6 Å². The topological polar surface area (TPSA) is 26.3 Å². The molecule has 1 rings (SSSR count). The van der Waals surface area contributed by atoms with E-state index in [1.807, 2.05) is 37.3 Å². The van der Waals surface area contributed by atoms with E-state index < -0.39 is 0 Å². The third-order valence-corrected chi connectivity index (χ3v) is 4.87. The van der Waals surface area contributed by atoms with E-state index in [9.17, 15) is 4.79 Å². The number of benzene rings is 1. The molecule has 0 N–H and O–H groups in total. The van der Waals surface area contributed by atoms with Crippen molar-refractivity contribution in [3.05, 3.63) is 35.4 Å². The fraction of sp³-hybridized carbons (Fsp3) is 0.438. The molecule has 1 atom stereocenters. The van der Waals surface area contributed by atoms with E-state index >= 15 is 0 Å². The zero-order chi connectivity index (χ0) is 15.0. The summed E-state index contributed by atoms with van der Waals surface area (Å²) >= 11 is 5.70. The smallest absolute Gasteiger partial charge is 0.215 e. The van der Waals surface area contributed by atoms with Crippen molar-refractivity contribution in [1.82, 2.24) is 0 Å². The minimum absolute atomic E-state index is 0.133. The highest BCUT2D eigenvalue weighted by Crippen LogP contribution is 2.23. The summed E-state index contributed by atoms with van der Waals surface area (Å²) < 4.78 is 5.12. The molecule has 1 aromatic rings. The van der Waals surface area contributed by atoms with Crippen LogP contribution in [0.25, 0.3) is 6.08 Å². The van der Waals surface area contributed by atoms with Crippen LogP contribution < -0.4 is 4.74 Å². The zero-order valence-electron chi connectivity index (χ0n) is 12.3. The summed E-state index contributed by atoms with van der Waals surface area (Å²) in [7, 11) is 1.64. The number of carbonyl (C=O) groups excluding carboxylic acids is 1. The SMILES string of the molecule is CCCC(CS)SC(=O)/C(C)=C/c1ccc(OC)cc1. The first kappa shape index (κ1) is 17.2. The second-order valence-electron chi connectivity index (χ2n) is 4.60. The molecule has 1 unspecified atom stereocenters. The van der Waals surface area contributed by atoms with Gasteiger partial charge in [-0.05, 0) is 37.1 Å². The molecule has 4 heteroatoms. The molecule has 0 fully saturated rings. The second-order valence-corrected chi connectivity index (χ2v) is 6.24. The third-order valence-electron chi connectivity index (χ3n) is 2.91. The van der Waals surface area contributed by atoms with Crippen LogP contribution in [0.3, 0.4) is 0 Å². The van der Waals surface area contributed by atoms with Gasteiger partial charge in [0.15, 0.2) is 0 Å². The van der Waals surface area contributed by atoms with E-state index in [0.29, 0.717) is 5.25 Å². The first-order valence-corrected chi connectivity index (χ1v) is 8.26. The number of ether oxygens (including phenoxy) is 1. The Morgan fingerprint density at radius 2 is 2.05 bits per heavy atom. The van der Waals surface area contributed by atoms with Crippen molar-refractivity contribution >= 4 is 35.6 Å². The molecular formula is C16H22O2S2. The lowest BCUT2D eigenvalue weighted by molar-refractivity contribution is -0.107. The van der Waals surface area contributed by atoms with Crippen molar-refractivity contribution in [2.24, 2.45) is 0 Å². The van der Waals surface area contributed by atoms with Crippen molar-refractivity contribution in [2.75, 3.05) is 12.9 Å². The first-order valence-electron chi connectivity index (χ1n) is 6.74. The monoisotopic (exact) mass is 310 g/mol. The van der Waals surface area contributed by atoms with E-state index in [0.717, 1.165) is 35.5 Å². The van der Waals surface area contributed by atoms with Gasteiger partial charge >= 0.3 is 0 Å². The van der Waals surface area contributed by atoms with Gasteiger partial charge in [-0.15, -0.1) is 0 Å². The Hall–Kier alpha value is -0.870. The van der Waals surface area contributed by atoms with Crippen LogP contribution in [0.4, 0.5) is 0 Å². The first-order chi connectivity index (χ1) is 9.60. The molecule has 20 heavy (non-hydrogen) atoms. The fourth-order valence-electron chi connectivity index (χ4n) is 1.76. The molecule has 0 heterocycles. The highest BCUT2D eigenvalue weighted by Gasteiger charge is 2.13. The average Bonchev–Trinajstić information content (AvgIpc) is 2.47. The molecule has 0 aliphatic rings. The van der Waals surface area contributed by atoms with Gasteiger partial charge in [-0.25, -0.2) is 0 Å². The number of hydrogen-bond donors (Lipinski definition) is 1. The Kier molecular flexibility index (Phi) is 7.85. The number of methoxy groups -OCH3 is 1. The largest absolute Gasteiger partial charge is 0.497 e. The lowest BCUT2D eigenvalue weighted by Gasteiger charge is -2.11. The maximum Gasteiger partial charge on any atom is 0.215 e. The number of thioether (sulfide) groups is 1. The molecule has 1 aromatic carbocycles. The lowest BCUT2D eigenvalue weighted by atomic mass is 10.1. The normalized spacial score (nSPS) is 13.1. The maximum absolute atomic E-state index is 12.2. The van der Waals surface area contributed by atoms with Crippen LogP contribution in [0.5, 0.6) is 5.75 Å². The second kappa shape index (κ2) is 9.14. The van der Waals surface area contributed by atoms with Crippen LogP contribution in [0.1, 0.15) is 32.3 Å². The Balaban J connectivity index is 2.68. The molecule has 0 aliphatic carbocycles. The van der Waals surface area contributed by atoms with Crippen LogP contribution in [-0.2, 0) is 4.79 Å². The molecule has 0 bridgehead atoms. The molecule has 2 nitrogen and oxygen atoms in total. The van der Waals surface area contributed by atoms with Gasteiger partial charge in [0, 0.05) is 16.6 Å². The number of thiol groups is 1. The van der Waals surface area contributed by atoms with Crippen molar-refractivity contribution in [3.63, 3.8) is 0 Å². The summed E-state index contributed by atoms with van der Waals surface area (Å²) in [6.45, 7) is 3.99. The van der Waals surface area contributed by atoms with Crippen molar-refractivity contribution < 1.29 is 9.53 Å². The summed E-state index contributed by atoms with van der Waals surface area (Å²) in [4.78, 5) is 12.2. The van der Waals surface area contributed by atoms with Crippen molar-refractivity contribution in [2.45, 2.75) is 31.9 Å². The van der Waals surface area contributed by atoms with Gasteiger partial charge in [0.1, 0.15) is 5.75 Å². The maximum atomic E-state index is 12.2. The molecular weight excluding hydrogens is 288 g/mol. The number of carbonyl (C=O) groups is 1. The summed E-state index contributed by atoms with van der Waals surface area (Å²) in [6.07, 6.45) is 4.01. The minimum atomic E-state index is 0.133. The highest BCUT2D eigenvalue weighted by molar-refractivity contribution is 8.15. The van der Waals surface area contributed by atoms with E-state index in [1.165, 1.54) is 11.8 Å². The third kappa shape index (κ3) is 5.63. The van der Waals surface area contributed by atoms with E-state index in [1.54, 1.807) is 7.11 Å². The summed E-state index contributed by atoms with van der Waals surface area (Å²) in [5, 5.41) is 0.434. The van der Waals surface area contributed by atoms with Crippen LogP contribution in [0.15, 0.2) is 29.8 Å². The van der Waals surface area contributed by atoms with Gasteiger partial charge in [-0.3, -0.25) is 4.79 Å². The van der Waals surface area contributed by atoms with E-state index in [-0.39, 0.29) is 5.12 Å². The number of hydrogen-bond acceptors (Lipinski definition) is 4. The van der Waals surface area contributed by atoms with Crippen LogP contribution >= 0.6 is 24.4 Å². The van der Waals surface area contributed by atoms with Crippen LogP contribution in [0.2, 0.25) is 0 Å². The molecule has 110 valence electrons. The molecule has 0 spiro atoms. The molecule has 0 aliphatic heterocycles. The van der Waals surface area contributed by atoms with Gasteiger partial charge in [0.25, 0.3) is 0 Å². The van der Waals surface area contributed by atoms with Crippen LogP contribution in [0, 0.1) is 0 Å². The summed E-state index contributed by atoms with van der Waals surface area (Å²) in [5.41, 5.74) is 1.78. The van der Waals surface area contributed by atoms with E-state index in [2.05, 4.69) is 19.6 Å². The van der Waals surface area contributed by atoms with Crippen LogP contribution in [-0.4, -0.2) is 23.2 Å². The molecule has 0 saturated heterocycles. The van der Waals surface area contributed by atoms with Crippen molar-refractivity contribution in [3.8, 4) is 5.75 Å². The fourth-order valence-corrected chi connectivity index (χ4v) is 3.14. The lowest BCUT2D eigenvalue weighted by Crippen LogP contribution is -2.09. The summed E-state index contributed by atoms with van der Waals surface area (Å²) in [6, 6.07) is 7.68. The molecule has 0 saturated carbocycles. The highest BCUT2D eigenvalue weighted by atomic mass is 32.2. The van der Waals surface area contributed by atoms with Crippen molar-refractivity contribution in [1.29, 1.82) is 0 Å². The van der Waals surface area contributed by atoms with Gasteiger partial charge in [0.2, 0.25) is 5.12 Å². The predicted octanol–water partition coefficient (Wildman–Crippen LogP) is 4.46. The molecule has 0 amide bonds. The van der Waals surface area contributed by atoms with Gasteiger partial charge < -0.3 is 4.74 Å². The standard InChI is InChI=1S/C16H22O2S2/c1-4-5-15(11-19)20-16(17)12(2)10-13-6-8-14(18-3)9-7-13/h6-10,15,19H,4-5,11H2,1-3H3/b12-10+. The minimum Gasteiger partial charge on any atom is -0.497 e. The number of rotatable bonds is 7. The Bertz CT molecular complexity index is 452.